The van der Waals surface area contributed by atoms with Gasteiger partial charge in [-0.3, -0.25) is 4.98 Å². The van der Waals surface area contributed by atoms with Gasteiger partial charge in [-0.15, -0.1) is 0 Å². The highest BCUT2D eigenvalue weighted by Crippen LogP contribution is 2.14. The molecule has 0 aliphatic rings. The van der Waals surface area contributed by atoms with Crippen molar-refractivity contribution in [3.8, 4) is 0 Å². The molecule has 0 radical (unpaired) electrons. The predicted octanol–water partition coefficient (Wildman–Crippen LogP) is 3.80. The van der Waals surface area contributed by atoms with Crippen LogP contribution in [0, 0.1) is 6.92 Å². The first-order chi connectivity index (χ1) is 9.20. The van der Waals surface area contributed by atoms with Gasteiger partial charge in [0.2, 0.25) is 0 Å². The van der Waals surface area contributed by atoms with Crippen LogP contribution < -0.4 is 5.32 Å². The topological polar surface area (TPSA) is 24.9 Å². The average Bonchev–Trinajstić information content (AvgIpc) is 2.45. The van der Waals surface area contributed by atoms with Crippen LogP contribution in [-0.2, 0) is 13.0 Å². The lowest BCUT2D eigenvalue weighted by atomic mass is 10.1. The first-order valence-corrected chi connectivity index (χ1v) is 6.93. The van der Waals surface area contributed by atoms with Gasteiger partial charge in [-0.2, -0.15) is 0 Å². The summed E-state index contributed by atoms with van der Waals surface area (Å²) >= 11 is 0. The van der Waals surface area contributed by atoms with Crippen molar-refractivity contribution in [2.75, 3.05) is 0 Å². The van der Waals surface area contributed by atoms with E-state index in [9.17, 15) is 0 Å². The van der Waals surface area contributed by atoms with Gasteiger partial charge in [0.15, 0.2) is 0 Å². The van der Waals surface area contributed by atoms with Gasteiger partial charge in [-0.1, -0.05) is 42.8 Å². The molecule has 1 atom stereocenters. The van der Waals surface area contributed by atoms with Gasteiger partial charge in [0, 0.05) is 18.8 Å². The average molecular weight is 254 g/mol. The first-order valence-electron chi connectivity index (χ1n) is 6.93. The molecular weight excluding hydrogens is 232 g/mol. The molecule has 0 aliphatic heterocycles. The molecule has 0 bridgehead atoms. The molecule has 100 valence electrons. The highest BCUT2D eigenvalue weighted by molar-refractivity contribution is 5.24. The molecule has 1 N–H and O–H groups in total. The molecule has 0 amide bonds. The summed E-state index contributed by atoms with van der Waals surface area (Å²) in [6.07, 6.45) is 2.90. The van der Waals surface area contributed by atoms with Crippen molar-refractivity contribution < 1.29 is 0 Å². The second-order valence-corrected chi connectivity index (χ2v) is 4.98. The molecule has 1 heterocycles. The van der Waals surface area contributed by atoms with Crippen LogP contribution in [0.4, 0.5) is 0 Å². The lowest BCUT2D eigenvalue weighted by molar-refractivity contribution is 0.565. The molecule has 0 spiro atoms. The molecule has 1 aromatic carbocycles. The Kier molecular flexibility index (Phi) is 4.69. The minimum absolute atomic E-state index is 0.340. The van der Waals surface area contributed by atoms with E-state index in [2.05, 4.69) is 61.4 Å². The van der Waals surface area contributed by atoms with E-state index in [1.165, 1.54) is 16.7 Å². The number of pyridine rings is 1. The minimum Gasteiger partial charge on any atom is -0.305 e. The molecule has 19 heavy (non-hydrogen) atoms. The predicted molar refractivity (Wildman–Crippen MR) is 80.0 cm³/mol. The Balaban J connectivity index is 2.00. The van der Waals surface area contributed by atoms with E-state index in [0.29, 0.717) is 6.04 Å². The Morgan fingerprint density at radius 3 is 2.58 bits per heavy atom. The van der Waals surface area contributed by atoms with Crippen molar-refractivity contribution in [1.29, 1.82) is 0 Å². The van der Waals surface area contributed by atoms with Crippen LogP contribution in [-0.4, -0.2) is 4.98 Å². The summed E-state index contributed by atoms with van der Waals surface area (Å²) in [7, 11) is 0. The highest BCUT2D eigenvalue weighted by Gasteiger charge is 2.06. The largest absolute Gasteiger partial charge is 0.305 e. The molecule has 1 aromatic heterocycles. The van der Waals surface area contributed by atoms with Crippen molar-refractivity contribution in [3.63, 3.8) is 0 Å². The Morgan fingerprint density at radius 2 is 1.89 bits per heavy atom. The summed E-state index contributed by atoms with van der Waals surface area (Å²) in [6.45, 7) is 7.30. The number of rotatable bonds is 5. The van der Waals surface area contributed by atoms with Crippen LogP contribution in [0.1, 0.15) is 42.3 Å². The fourth-order valence-electron chi connectivity index (χ4n) is 2.18. The summed E-state index contributed by atoms with van der Waals surface area (Å²) < 4.78 is 0. The number of aromatic nitrogens is 1. The second kappa shape index (κ2) is 6.48. The van der Waals surface area contributed by atoms with E-state index in [-0.39, 0.29) is 0 Å². The smallest absolute Gasteiger partial charge is 0.0573 e. The molecule has 2 aromatic rings. The van der Waals surface area contributed by atoms with Gasteiger partial charge in [0.05, 0.1) is 5.69 Å². The summed E-state index contributed by atoms with van der Waals surface area (Å²) in [6, 6.07) is 13.2. The number of hydrogen-bond donors (Lipinski definition) is 1. The first kappa shape index (κ1) is 13.8. The summed E-state index contributed by atoms with van der Waals surface area (Å²) in [4.78, 5) is 4.47. The maximum atomic E-state index is 4.47. The lowest BCUT2D eigenvalue weighted by Crippen LogP contribution is -2.19. The molecule has 0 fully saturated rings. The molecule has 1 unspecified atom stereocenters. The fourth-order valence-corrected chi connectivity index (χ4v) is 2.18. The molecule has 2 nitrogen and oxygen atoms in total. The second-order valence-electron chi connectivity index (χ2n) is 4.98. The van der Waals surface area contributed by atoms with Crippen molar-refractivity contribution in [2.24, 2.45) is 0 Å². The summed E-state index contributed by atoms with van der Waals surface area (Å²) in [5.74, 6) is 0. The van der Waals surface area contributed by atoms with Crippen molar-refractivity contribution in [2.45, 2.75) is 39.8 Å². The Morgan fingerprint density at radius 1 is 1.16 bits per heavy atom. The third-order valence-electron chi connectivity index (χ3n) is 3.52. The molecule has 0 aliphatic carbocycles. The van der Waals surface area contributed by atoms with Gasteiger partial charge >= 0.3 is 0 Å². The van der Waals surface area contributed by atoms with Gasteiger partial charge in [-0.05, 0) is 37.5 Å². The van der Waals surface area contributed by atoms with Crippen LogP contribution in [0.15, 0.2) is 42.6 Å². The third kappa shape index (κ3) is 3.65. The van der Waals surface area contributed by atoms with E-state index in [1.54, 1.807) is 0 Å². The lowest BCUT2D eigenvalue weighted by Gasteiger charge is -2.15. The number of hydrogen-bond acceptors (Lipinski definition) is 2. The molecule has 0 saturated carbocycles. The van der Waals surface area contributed by atoms with E-state index >= 15 is 0 Å². The molecule has 0 saturated heterocycles. The third-order valence-corrected chi connectivity index (χ3v) is 3.52. The number of nitrogens with one attached hydrogen (secondary N) is 1. The molecular formula is C17H22N2. The monoisotopic (exact) mass is 254 g/mol. The van der Waals surface area contributed by atoms with Crippen molar-refractivity contribution in [3.05, 3.63) is 65.0 Å². The molecule has 2 rings (SSSR count). The normalized spacial score (nSPS) is 12.4. The highest BCUT2D eigenvalue weighted by atomic mass is 14.9. The van der Waals surface area contributed by atoms with Crippen molar-refractivity contribution in [1.82, 2.24) is 10.3 Å². The maximum Gasteiger partial charge on any atom is 0.0573 e. The van der Waals surface area contributed by atoms with Crippen LogP contribution in [0.5, 0.6) is 0 Å². The standard InChI is InChI=1S/C17H22N2/c1-4-15-6-5-11-18-17(15)12-19-14(3)16-9-7-13(2)8-10-16/h5-11,14,19H,4,12H2,1-3H3. The molecule has 2 heteroatoms. The zero-order valence-corrected chi connectivity index (χ0v) is 12.0. The van der Waals surface area contributed by atoms with E-state index in [4.69, 9.17) is 0 Å². The number of aryl methyl sites for hydroxylation is 2. The van der Waals surface area contributed by atoms with E-state index in [1.807, 2.05) is 12.3 Å². The van der Waals surface area contributed by atoms with E-state index < -0.39 is 0 Å². The van der Waals surface area contributed by atoms with Crippen LogP contribution in [0.2, 0.25) is 0 Å². The van der Waals surface area contributed by atoms with Gasteiger partial charge in [-0.25, -0.2) is 0 Å². The summed E-state index contributed by atoms with van der Waals surface area (Å²) in [5.41, 5.74) is 5.10. The number of benzene rings is 1. The Labute approximate surface area is 115 Å². The van der Waals surface area contributed by atoms with Crippen LogP contribution in [0.3, 0.4) is 0 Å². The number of nitrogens with zero attached hydrogens (tertiary/aromatic N) is 1. The summed E-state index contributed by atoms with van der Waals surface area (Å²) in [5, 5.41) is 3.55. The quantitative estimate of drug-likeness (QED) is 0.877. The van der Waals surface area contributed by atoms with Crippen LogP contribution in [0.25, 0.3) is 0 Å². The van der Waals surface area contributed by atoms with Crippen LogP contribution >= 0.6 is 0 Å². The Bertz CT molecular complexity index is 517. The maximum absolute atomic E-state index is 4.47. The van der Waals surface area contributed by atoms with Crippen molar-refractivity contribution >= 4 is 0 Å². The Hall–Kier alpha value is -1.67. The van der Waals surface area contributed by atoms with Gasteiger partial charge < -0.3 is 5.32 Å². The van der Waals surface area contributed by atoms with E-state index in [0.717, 1.165) is 18.7 Å². The minimum atomic E-state index is 0.340. The fraction of sp³-hybridized carbons (Fsp3) is 0.353. The zero-order chi connectivity index (χ0) is 13.7. The van der Waals surface area contributed by atoms with Gasteiger partial charge in [0.1, 0.15) is 0 Å². The SMILES string of the molecule is CCc1cccnc1CNC(C)c1ccc(C)cc1. The zero-order valence-electron chi connectivity index (χ0n) is 12.0. The van der Waals surface area contributed by atoms with Gasteiger partial charge in [0.25, 0.3) is 0 Å².